The minimum atomic E-state index is -1.05. The summed E-state index contributed by atoms with van der Waals surface area (Å²) in [4.78, 5) is 20.3. The second kappa shape index (κ2) is 6.48. The largest absolute Gasteiger partial charge is 0.500 e. The molecule has 19 heavy (non-hydrogen) atoms. The van der Waals surface area contributed by atoms with Gasteiger partial charge in [-0.25, -0.2) is 4.39 Å². The number of halogens is 1. The summed E-state index contributed by atoms with van der Waals surface area (Å²) in [6.45, 7) is 1.82. The summed E-state index contributed by atoms with van der Waals surface area (Å²) in [5, 5.41) is 22.3. The topological polar surface area (TPSA) is 92.5 Å². The third-order valence-electron chi connectivity index (χ3n) is 2.26. The van der Waals surface area contributed by atoms with Gasteiger partial charge in [-0.15, -0.1) is 0 Å². The fourth-order valence-corrected chi connectivity index (χ4v) is 1.39. The Morgan fingerprint density at radius 3 is 2.84 bits per heavy atom. The Labute approximate surface area is 108 Å². The van der Waals surface area contributed by atoms with E-state index in [0.717, 1.165) is 12.1 Å². The van der Waals surface area contributed by atoms with Crippen LogP contribution >= 0.6 is 0 Å². The van der Waals surface area contributed by atoms with Gasteiger partial charge in [0.25, 0.3) is 0 Å². The molecule has 1 aromatic rings. The van der Waals surface area contributed by atoms with Crippen molar-refractivity contribution in [1.82, 2.24) is 5.32 Å². The van der Waals surface area contributed by atoms with Crippen LogP contribution < -0.4 is 5.32 Å². The molecule has 0 aliphatic carbocycles. The smallest absolute Gasteiger partial charge is 0.314 e. The van der Waals surface area contributed by atoms with Gasteiger partial charge in [0, 0.05) is 19.5 Å². The zero-order chi connectivity index (χ0) is 14.4. The SMILES string of the molecule is CC(=O)NCCC=Cc1cc(F)c(O)c([N+](=O)[O-])c1. The van der Waals surface area contributed by atoms with Gasteiger partial charge in [-0.1, -0.05) is 12.2 Å². The summed E-state index contributed by atoms with van der Waals surface area (Å²) in [6, 6.07) is 2.07. The van der Waals surface area contributed by atoms with Crippen molar-refractivity contribution in [2.75, 3.05) is 6.54 Å². The summed E-state index contributed by atoms with van der Waals surface area (Å²) in [5.74, 6) is -2.17. The molecule has 2 N–H and O–H groups in total. The molecule has 0 saturated heterocycles. The molecule has 0 aliphatic rings. The molecule has 0 aromatic heterocycles. The number of aromatic hydroxyl groups is 1. The summed E-state index contributed by atoms with van der Waals surface area (Å²) in [5.41, 5.74) is -0.411. The van der Waals surface area contributed by atoms with Gasteiger partial charge < -0.3 is 10.4 Å². The highest BCUT2D eigenvalue weighted by Crippen LogP contribution is 2.30. The first-order valence-corrected chi connectivity index (χ1v) is 5.49. The van der Waals surface area contributed by atoms with E-state index in [1.165, 1.54) is 13.0 Å². The number of carbonyl (C=O) groups excluding carboxylic acids is 1. The van der Waals surface area contributed by atoms with Crippen LogP contribution in [-0.2, 0) is 4.79 Å². The average Bonchev–Trinajstić information content (AvgIpc) is 2.32. The van der Waals surface area contributed by atoms with Crippen LogP contribution in [0.4, 0.5) is 10.1 Å². The molecule has 0 fully saturated rings. The number of hydrogen-bond acceptors (Lipinski definition) is 4. The van der Waals surface area contributed by atoms with E-state index in [2.05, 4.69) is 5.32 Å². The lowest BCUT2D eigenvalue weighted by molar-refractivity contribution is -0.386. The number of nitro benzene ring substituents is 1. The number of benzene rings is 1. The normalized spacial score (nSPS) is 10.6. The molecule has 0 heterocycles. The van der Waals surface area contributed by atoms with E-state index in [4.69, 9.17) is 0 Å². The molecule has 0 aliphatic heterocycles. The van der Waals surface area contributed by atoms with Crippen molar-refractivity contribution in [3.8, 4) is 5.75 Å². The van der Waals surface area contributed by atoms with Crippen molar-refractivity contribution in [2.45, 2.75) is 13.3 Å². The summed E-state index contributed by atoms with van der Waals surface area (Å²) >= 11 is 0. The lowest BCUT2D eigenvalue weighted by Gasteiger charge is -2.00. The summed E-state index contributed by atoms with van der Waals surface area (Å²) in [7, 11) is 0. The van der Waals surface area contributed by atoms with Gasteiger partial charge in [0.05, 0.1) is 4.92 Å². The number of amides is 1. The molecule has 1 aromatic carbocycles. The highest BCUT2D eigenvalue weighted by atomic mass is 19.1. The summed E-state index contributed by atoms with van der Waals surface area (Å²) in [6.07, 6.45) is 3.64. The Bertz CT molecular complexity index is 529. The maximum atomic E-state index is 13.2. The number of phenolic OH excluding ortho intramolecular Hbond substituents is 1. The molecule has 0 saturated carbocycles. The van der Waals surface area contributed by atoms with Gasteiger partial charge in [0.15, 0.2) is 5.82 Å². The van der Waals surface area contributed by atoms with Crippen LogP contribution in [0.5, 0.6) is 5.75 Å². The highest BCUT2D eigenvalue weighted by Gasteiger charge is 2.18. The van der Waals surface area contributed by atoms with Crippen LogP contribution in [0, 0.1) is 15.9 Å². The first kappa shape index (κ1) is 14.6. The second-order valence-electron chi connectivity index (χ2n) is 3.80. The van der Waals surface area contributed by atoms with E-state index in [1.807, 2.05) is 0 Å². The number of carbonyl (C=O) groups is 1. The lowest BCUT2D eigenvalue weighted by atomic mass is 10.1. The van der Waals surface area contributed by atoms with Gasteiger partial charge in [-0.05, 0) is 18.1 Å². The number of rotatable bonds is 5. The molecular weight excluding hydrogens is 255 g/mol. The number of nitrogens with one attached hydrogen (secondary N) is 1. The molecule has 6 nitrogen and oxygen atoms in total. The monoisotopic (exact) mass is 268 g/mol. The predicted octanol–water partition coefficient (Wildman–Crippen LogP) is 1.98. The first-order valence-electron chi connectivity index (χ1n) is 5.49. The third kappa shape index (κ3) is 4.38. The van der Waals surface area contributed by atoms with Gasteiger partial charge in [0.2, 0.25) is 11.7 Å². The Hall–Kier alpha value is -2.44. The lowest BCUT2D eigenvalue weighted by Crippen LogP contribution is -2.20. The first-order chi connectivity index (χ1) is 8.91. The maximum absolute atomic E-state index is 13.2. The fourth-order valence-electron chi connectivity index (χ4n) is 1.39. The Kier molecular flexibility index (Phi) is 4.99. The maximum Gasteiger partial charge on any atom is 0.314 e. The van der Waals surface area contributed by atoms with Crippen LogP contribution in [0.1, 0.15) is 18.9 Å². The predicted molar refractivity (Wildman–Crippen MR) is 67.1 cm³/mol. The van der Waals surface area contributed by atoms with E-state index in [0.29, 0.717) is 13.0 Å². The third-order valence-corrected chi connectivity index (χ3v) is 2.26. The minimum absolute atomic E-state index is 0.153. The van der Waals surface area contributed by atoms with Crippen LogP contribution in [0.25, 0.3) is 6.08 Å². The van der Waals surface area contributed by atoms with Crippen molar-refractivity contribution in [3.05, 3.63) is 39.7 Å². The highest BCUT2D eigenvalue weighted by molar-refractivity contribution is 5.72. The minimum Gasteiger partial charge on any atom is -0.500 e. The van der Waals surface area contributed by atoms with Gasteiger partial charge >= 0.3 is 5.69 Å². The molecule has 1 amide bonds. The van der Waals surface area contributed by atoms with Crippen LogP contribution in [-0.4, -0.2) is 22.5 Å². The van der Waals surface area contributed by atoms with Crippen molar-refractivity contribution >= 4 is 17.7 Å². The number of hydrogen-bond donors (Lipinski definition) is 2. The zero-order valence-electron chi connectivity index (χ0n) is 10.2. The molecule has 1 rings (SSSR count). The van der Waals surface area contributed by atoms with E-state index in [-0.39, 0.29) is 11.5 Å². The molecule has 102 valence electrons. The molecule has 0 bridgehead atoms. The number of phenols is 1. The second-order valence-corrected chi connectivity index (χ2v) is 3.80. The molecular formula is C12H13FN2O4. The summed E-state index contributed by atoms with van der Waals surface area (Å²) < 4.78 is 13.2. The number of nitrogens with zero attached hydrogens (tertiary/aromatic N) is 1. The van der Waals surface area contributed by atoms with Crippen LogP contribution in [0.2, 0.25) is 0 Å². The fraction of sp³-hybridized carbons (Fsp3) is 0.250. The van der Waals surface area contributed by atoms with E-state index in [9.17, 15) is 24.4 Å². The Balaban J connectivity index is 2.76. The molecule has 0 atom stereocenters. The van der Waals surface area contributed by atoms with E-state index in [1.54, 1.807) is 6.08 Å². The van der Waals surface area contributed by atoms with E-state index >= 15 is 0 Å². The quantitative estimate of drug-likeness (QED) is 0.485. The molecule has 7 heteroatoms. The Morgan fingerprint density at radius 2 is 2.26 bits per heavy atom. The van der Waals surface area contributed by atoms with Crippen molar-refractivity contribution in [3.63, 3.8) is 0 Å². The number of nitro groups is 1. The van der Waals surface area contributed by atoms with Gasteiger partial charge in [-0.3, -0.25) is 14.9 Å². The molecule has 0 unspecified atom stereocenters. The molecule has 0 radical (unpaired) electrons. The van der Waals surface area contributed by atoms with Crippen molar-refractivity contribution in [2.24, 2.45) is 0 Å². The molecule has 0 spiro atoms. The van der Waals surface area contributed by atoms with Crippen molar-refractivity contribution in [1.29, 1.82) is 0 Å². The van der Waals surface area contributed by atoms with Gasteiger partial charge in [-0.2, -0.15) is 0 Å². The standard InChI is InChI=1S/C12H13FN2O4/c1-8(16)14-5-3-2-4-9-6-10(13)12(17)11(7-9)15(18)19/h2,4,6-7,17H,3,5H2,1H3,(H,14,16). The van der Waals surface area contributed by atoms with Crippen LogP contribution in [0.3, 0.4) is 0 Å². The Morgan fingerprint density at radius 1 is 1.58 bits per heavy atom. The van der Waals surface area contributed by atoms with Crippen molar-refractivity contribution < 1.29 is 19.2 Å². The zero-order valence-corrected chi connectivity index (χ0v) is 10.2. The average molecular weight is 268 g/mol. The van der Waals surface area contributed by atoms with Gasteiger partial charge in [0.1, 0.15) is 0 Å². The van der Waals surface area contributed by atoms with Crippen LogP contribution in [0.15, 0.2) is 18.2 Å². The van der Waals surface area contributed by atoms with E-state index < -0.39 is 22.2 Å².